The molecule has 0 bridgehead atoms. The fourth-order valence-corrected chi connectivity index (χ4v) is 2.60. The lowest BCUT2D eigenvalue weighted by atomic mass is 10.0. The molecule has 24 heavy (non-hydrogen) atoms. The van der Waals surface area contributed by atoms with Crippen molar-refractivity contribution in [2.24, 2.45) is 0 Å². The molecule has 4 heteroatoms. The Morgan fingerprint density at radius 1 is 0.792 bits per heavy atom. The van der Waals surface area contributed by atoms with Gasteiger partial charge >= 0.3 is 0 Å². The molecule has 2 aromatic rings. The molecule has 0 amide bonds. The summed E-state index contributed by atoms with van der Waals surface area (Å²) in [6, 6.07) is 7.58. The molecule has 0 heterocycles. The van der Waals surface area contributed by atoms with Gasteiger partial charge in [0.25, 0.3) is 0 Å². The third kappa shape index (κ3) is 3.43. The van der Waals surface area contributed by atoms with Gasteiger partial charge in [-0.3, -0.25) is 4.79 Å². The van der Waals surface area contributed by atoms with Crippen LogP contribution < -0.4 is 14.2 Å². The Kier molecular flexibility index (Phi) is 5.64. The van der Waals surface area contributed by atoms with Crippen LogP contribution in [-0.4, -0.2) is 27.6 Å². The Morgan fingerprint density at radius 3 is 2.08 bits per heavy atom. The largest absolute Gasteiger partial charge is 0.496 e. The van der Waals surface area contributed by atoms with Crippen LogP contribution in [0.2, 0.25) is 0 Å². The van der Waals surface area contributed by atoms with Crippen LogP contribution in [0.3, 0.4) is 0 Å². The van der Waals surface area contributed by atoms with E-state index in [1.807, 2.05) is 37.3 Å². The Hall–Kier alpha value is -2.75. The highest BCUT2D eigenvalue weighted by atomic mass is 16.5. The van der Waals surface area contributed by atoms with Crippen LogP contribution in [-0.2, 0) is 0 Å². The molecule has 0 N–H and O–H groups in total. The van der Waals surface area contributed by atoms with Gasteiger partial charge in [-0.2, -0.15) is 0 Å². The fourth-order valence-electron chi connectivity index (χ4n) is 2.60. The molecule has 4 nitrogen and oxygen atoms in total. The number of rotatable bonds is 6. The maximum Gasteiger partial charge on any atom is 0.171 e. The predicted molar refractivity (Wildman–Crippen MR) is 96.3 cm³/mol. The van der Waals surface area contributed by atoms with Crippen molar-refractivity contribution in [3.8, 4) is 17.2 Å². The Balaban J connectivity index is 2.43. The van der Waals surface area contributed by atoms with Crippen LogP contribution in [0.5, 0.6) is 17.2 Å². The van der Waals surface area contributed by atoms with Crippen molar-refractivity contribution in [1.82, 2.24) is 0 Å². The summed E-state index contributed by atoms with van der Waals surface area (Å²) in [4.78, 5) is 11.3. The van der Waals surface area contributed by atoms with E-state index in [0.717, 1.165) is 34.3 Å². The fraction of sp³-hybridized carbons (Fsp3) is 0.250. The van der Waals surface area contributed by atoms with Crippen LogP contribution >= 0.6 is 0 Å². The highest BCUT2D eigenvalue weighted by Gasteiger charge is 2.11. The Morgan fingerprint density at radius 2 is 1.50 bits per heavy atom. The quantitative estimate of drug-likeness (QED) is 0.586. The zero-order valence-electron chi connectivity index (χ0n) is 14.7. The molecule has 0 atom stereocenters. The van der Waals surface area contributed by atoms with E-state index in [2.05, 4.69) is 6.92 Å². The van der Waals surface area contributed by atoms with E-state index >= 15 is 0 Å². The molecule has 0 aliphatic heterocycles. The summed E-state index contributed by atoms with van der Waals surface area (Å²) >= 11 is 0. The van der Waals surface area contributed by atoms with Gasteiger partial charge in [0, 0.05) is 0 Å². The molecule has 0 aliphatic rings. The van der Waals surface area contributed by atoms with Crippen LogP contribution in [0, 0.1) is 13.8 Å². The average Bonchev–Trinajstić information content (AvgIpc) is 2.61. The molecular weight excluding hydrogens is 304 g/mol. The number of hydrogen-bond acceptors (Lipinski definition) is 4. The van der Waals surface area contributed by atoms with Gasteiger partial charge in [0.1, 0.15) is 5.75 Å². The molecule has 2 rings (SSSR count). The van der Waals surface area contributed by atoms with Crippen molar-refractivity contribution >= 4 is 18.4 Å². The SMILES string of the molecule is COc1ccc(/C=C\c2cc(C=O)c(OC)c(OC)c2)c(C)c1C. The van der Waals surface area contributed by atoms with Gasteiger partial charge in [0.15, 0.2) is 17.8 Å². The standard InChI is InChI=1S/C20H22O4/c1-13-14(2)18(22-3)9-8-16(13)7-6-15-10-17(12-21)20(24-5)19(11-15)23-4/h6-12H,1-5H3/b7-6-. The summed E-state index contributed by atoms with van der Waals surface area (Å²) < 4.78 is 15.9. The predicted octanol–water partition coefficient (Wildman–Crippen LogP) is 4.31. The zero-order chi connectivity index (χ0) is 17.7. The zero-order valence-corrected chi connectivity index (χ0v) is 14.7. The molecule has 0 aromatic heterocycles. The van der Waals surface area contributed by atoms with E-state index in [1.54, 1.807) is 20.3 Å². The summed E-state index contributed by atoms with van der Waals surface area (Å²) in [5, 5.41) is 0. The van der Waals surface area contributed by atoms with Crippen molar-refractivity contribution in [1.29, 1.82) is 0 Å². The number of aldehydes is 1. The van der Waals surface area contributed by atoms with Gasteiger partial charge in [-0.15, -0.1) is 0 Å². The van der Waals surface area contributed by atoms with Crippen molar-refractivity contribution < 1.29 is 19.0 Å². The summed E-state index contributed by atoms with van der Waals surface area (Å²) in [6.45, 7) is 4.09. The molecule has 0 fully saturated rings. The molecule has 0 saturated carbocycles. The Bertz CT molecular complexity index is 776. The van der Waals surface area contributed by atoms with E-state index in [0.29, 0.717) is 17.1 Å². The normalized spacial score (nSPS) is 10.7. The van der Waals surface area contributed by atoms with Crippen molar-refractivity contribution in [3.05, 3.63) is 52.1 Å². The number of hydrogen-bond donors (Lipinski definition) is 0. The molecule has 0 unspecified atom stereocenters. The number of carbonyl (C=O) groups is 1. The summed E-state index contributed by atoms with van der Waals surface area (Å²) in [5.41, 5.74) is 4.68. The van der Waals surface area contributed by atoms with E-state index in [9.17, 15) is 4.79 Å². The summed E-state index contributed by atoms with van der Waals surface area (Å²) in [6.07, 6.45) is 4.72. The molecular formula is C20H22O4. The second-order valence-electron chi connectivity index (χ2n) is 5.40. The highest BCUT2D eigenvalue weighted by Crippen LogP contribution is 2.32. The molecule has 0 aliphatic carbocycles. The summed E-state index contributed by atoms with van der Waals surface area (Å²) in [5.74, 6) is 1.85. The van der Waals surface area contributed by atoms with Gasteiger partial charge in [-0.1, -0.05) is 18.2 Å². The first kappa shape index (κ1) is 17.6. The van der Waals surface area contributed by atoms with E-state index in [-0.39, 0.29) is 0 Å². The molecule has 126 valence electrons. The monoisotopic (exact) mass is 326 g/mol. The molecule has 2 aromatic carbocycles. The van der Waals surface area contributed by atoms with Crippen LogP contribution in [0.4, 0.5) is 0 Å². The number of carbonyl (C=O) groups excluding carboxylic acids is 1. The van der Waals surface area contributed by atoms with Crippen LogP contribution in [0.25, 0.3) is 12.2 Å². The first-order chi connectivity index (χ1) is 11.5. The average molecular weight is 326 g/mol. The van der Waals surface area contributed by atoms with Gasteiger partial charge in [-0.25, -0.2) is 0 Å². The van der Waals surface area contributed by atoms with Gasteiger partial charge in [-0.05, 0) is 54.3 Å². The van der Waals surface area contributed by atoms with E-state index in [4.69, 9.17) is 14.2 Å². The van der Waals surface area contributed by atoms with Crippen LogP contribution in [0.1, 0.15) is 32.6 Å². The second kappa shape index (κ2) is 7.68. The number of methoxy groups -OCH3 is 3. The van der Waals surface area contributed by atoms with Crippen molar-refractivity contribution in [2.45, 2.75) is 13.8 Å². The summed E-state index contributed by atoms with van der Waals surface area (Å²) in [7, 11) is 4.74. The molecule has 0 saturated heterocycles. The lowest BCUT2D eigenvalue weighted by Crippen LogP contribution is -1.96. The lowest BCUT2D eigenvalue weighted by molar-refractivity contribution is 0.112. The molecule has 0 radical (unpaired) electrons. The maximum atomic E-state index is 11.3. The van der Waals surface area contributed by atoms with Crippen LogP contribution in [0.15, 0.2) is 24.3 Å². The van der Waals surface area contributed by atoms with Gasteiger partial charge < -0.3 is 14.2 Å². The number of benzene rings is 2. The lowest BCUT2D eigenvalue weighted by Gasteiger charge is -2.11. The topological polar surface area (TPSA) is 44.8 Å². The highest BCUT2D eigenvalue weighted by molar-refractivity contribution is 5.84. The van der Waals surface area contributed by atoms with Crippen molar-refractivity contribution in [2.75, 3.05) is 21.3 Å². The minimum atomic E-state index is 0.445. The third-order valence-corrected chi connectivity index (χ3v) is 4.11. The van der Waals surface area contributed by atoms with Crippen molar-refractivity contribution in [3.63, 3.8) is 0 Å². The number of ether oxygens (including phenoxy) is 3. The van der Waals surface area contributed by atoms with E-state index < -0.39 is 0 Å². The first-order valence-corrected chi connectivity index (χ1v) is 7.59. The minimum Gasteiger partial charge on any atom is -0.496 e. The smallest absolute Gasteiger partial charge is 0.171 e. The Labute approximate surface area is 142 Å². The second-order valence-corrected chi connectivity index (χ2v) is 5.40. The van der Waals surface area contributed by atoms with E-state index in [1.165, 1.54) is 7.11 Å². The first-order valence-electron chi connectivity index (χ1n) is 7.59. The maximum absolute atomic E-state index is 11.3. The van der Waals surface area contributed by atoms with Gasteiger partial charge in [0.2, 0.25) is 0 Å². The minimum absolute atomic E-state index is 0.445. The molecule has 0 spiro atoms. The third-order valence-electron chi connectivity index (χ3n) is 4.11. The van der Waals surface area contributed by atoms with Gasteiger partial charge in [0.05, 0.1) is 26.9 Å².